The molecule has 1 rings (SSSR count). The summed E-state index contributed by atoms with van der Waals surface area (Å²) < 4.78 is 0.888. The monoisotopic (exact) mass is 325 g/mol. The van der Waals surface area contributed by atoms with E-state index in [1.165, 1.54) is 12.8 Å². The Morgan fingerprint density at radius 1 is 1.32 bits per heavy atom. The van der Waals surface area contributed by atoms with E-state index in [2.05, 4.69) is 36.7 Å². The minimum atomic E-state index is 0.123. The maximum atomic E-state index is 12.6. The molecule has 0 saturated carbocycles. The third-order valence-electron chi connectivity index (χ3n) is 3.24. The number of amides is 1. The fraction of sp³-hybridized carbons (Fsp3) is 0.562. The van der Waals surface area contributed by atoms with Gasteiger partial charge in [-0.2, -0.15) is 0 Å². The van der Waals surface area contributed by atoms with Gasteiger partial charge >= 0.3 is 0 Å². The maximum Gasteiger partial charge on any atom is 0.255 e. The summed E-state index contributed by atoms with van der Waals surface area (Å²) in [6, 6.07) is 6.13. The zero-order valence-corrected chi connectivity index (χ0v) is 14.0. The van der Waals surface area contributed by atoms with Crippen molar-refractivity contribution in [3.05, 3.63) is 33.8 Å². The van der Waals surface area contributed by atoms with Crippen molar-refractivity contribution in [2.45, 2.75) is 53.0 Å². The summed E-state index contributed by atoms with van der Waals surface area (Å²) in [6.45, 7) is 9.20. The Kier molecular flexibility index (Phi) is 6.56. The largest absolute Gasteiger partial charge is 0.336 e. The molecule has 19 heavy (non-hydrogen) atoms. The summed E-state index contributed by atoms with van der Waals surface area (Å²) in [7, 11) is 0. The minimum Gasteiger partial charge on any atom is -0.336 e. The van der Waals surface area contributed by atoms with Crippen LogP contribution in [-0.4, -0.2) is 23.4 Å². The zero-order chi connectivity index (χ0) is 14.4. The summed E-state index contributed by atoms with van der Waals surface area (Å²) in [4.78, 5) is 14.6. The molecular weight excluding hydrogens is 302 g/mol. The molecule has 106 valence electrons. The molecule has 0 aliphatic heterocycles. The van der Waals surface area contributed by atoms with Crippen LogP contribution in [0.25, 0.3) is 0 Å². The molecule has 0 aliphatic carbocycles. The van der Waals surface area contributed by atoms with Crippen LogP contribution in [-0.2, 0) is 0 Å². The van der Waals surface area contributed by atoms with Crippen molar-refractivity contribution in [1.82, 2.24) is 4.90 Å². The Morgan fingerprint density at radius 2 is 2.00 bits per heavy atom. The molecule has 0 unspecified atom stereocenters. The molecule has 0 saturated heterocycles. The van der Waals surface area contributed by atoms with Crippen LogP contribution in [0.2, 0.25) is 0 Å². The average molecular weight is 326 g/mol. The van der Waals surface area contributed by atoms with Gasteiger partial charge in [-0.1, -0.05) is 25.8 Å². The Balaban J connectivity index is 2.86. The predicted molar refractivity (Wildman–Crippen MR) is 84.6 cm³/mol. The van der Waals surface area contributed by atoms with E-state index in [1.54, 1.807) is 0 Å². The molecule has 1 aromatic rings. The second-order valence-corrected chi connectivity index (χ2v) is 6.14. The lowest BCUT2D eigenvalue weighted by molar-refractivity contribution is 0.0701. The Morgan fingerprint density at radius 3 is 2.53 bits per heavy atom. The van der Waals surface area contributed by atoms with E-state index in [-0.39, 0.29) is 11.9 Å². The number of carbonyl (C=O) groups excluding carboxylic acids is 1. The van der Waals surface area contributed by atoms with Crippen LogP contribution in [0.5, 0.6) is 0 Å². The van der Waals surface area contributed by atoms with E-state index in [0.29, 0.717) is 0 Å². The number of unbranched alkanes of at least 4 members (excludes halogenated alkanes) is 2. The van der Waals surface area contributed by atoms with Gasteiger partial charge in [-0.25, -0.2) is 0 Å². The number of benzene rings is 1. The molecule has 0 N–H and O–H groups in total. The second kappa shape index (κ2) is 7.68. The molecule has 3 heteroatoms. The number of hydrogen-bond donors (Lipinski definition) is 0. The van der Waals surface area contributed by atoms with E-state index < -0.39 is 0 Å². The molecule has 0 aromatic heterocycles. The molecule has 0 radical (unpaired) electrons. The van der Waals surface area contributed by atoms with Crippen molar-refractivity contribution in [3.63, 3.8) is 0 Å². The summed E-state index contributed by atoms with van der Waals surface area (Å²) in [5.74, 6) is 0.123. The first-order valence-electron chi connectivity index (χ1n) is 7.04. The Bertz CT molecular complexity index is 429. The lowest BCUT2D eigenvalue weighted by atomic mass is 10.1. The van der Waals surface area contributed by atoms with Gasteiger partial charge in [0.05, 0.1) is 5.56 Å². The fourth-order valence-corrected chi connectivity index (χ4v) is 2.74. The molecule has 0 bridgehead atoms. The highest BCUT2D eigenvalue weighted by Crippen LogP contribution is 2.21. The molecule has 2 nitrogen and oxygen atoms in total. The first kappa shape index (κ1) is 16.2. The van der Waals surface area contributed by atoms with Crippen LogP contribution >= 0.6 is 15.9 Å². The van der Waals surface area contributed by atoms with Gasteiger partial charge < -0.3 is 4.90 Å². The number of aryl methyl sites for hydroxylation is 1. The Hall–Kier alpha value is -0.830. The molecule has 1 amide bonds. The standard InChI is InChI=1S/C16H24BrNO/c1-5-6-7-10-18(12(2)3)16(19)14-9-8-13(4)11-15(14)17/h8-9,11-12H,5-7,10H2,1-4H3. The zero-order valence-electron chi connectivity index (χ0n) is 12.4. The van der Waals surface area contributed by atoms with E-state index in [0.717, 1.165) is 28.6 Å². The number of carbonyl (C=O) groups is 1. The first-order chi connectivity index (χ1) is 8.97. The average Bonchev–Trinajstić information content (AvgIpc) is 2.33. The summed E-state index contributed by atoms with van der Waals surface area (Å²) in [5, 5.41) is 0. The molecule has 0 spiro atoms. The van der Waals surface area contributed by atoms with Crippen molar-refractivity contribution >= 4 is 21.8 Å². The van der Waals surface area contributed by atoms with E-state index in [4.69, 9.17) is 0 Å². The highest BCUT2D eigenvalue weighted by molar-refractivity contribution is 9.10. The van der Waals surface area contributed by atoms with Crippen LogP contribution in [0.3, 0.4) is 0 Å². The highest BCUT2D eigenvalue weighted by Gasteiger charge is 2.20. The quantitative estimate of drug-likeness (QED) is 0.688. The Labute approximate surface area is 125 Å². The lowest BCUT2D eigenvalue weighted by Gasteiger charge is -2.27. The fourth-order valence-electron chi connectivity index (χ4n) is 2.07. The van der Waals surface area contributed by atoms with Gasteiger partial charge in [0.1, 0.15) is 0 Å². The van der Waals surface area contributed by atoms with Crippen LogP contribution in [0.15, 0.2) is 22.7 Å². The third-order valence-corrected chi connectivity index (χ3v) is 3.90. The highest BCUT2D eigenvalue weighted by atomic mass is 79.9. The topological polar surface area (TPSA) is 20.3 Å². The van der Waals surface area contributed by atoms with Crippen molar-refractivity contribution in [2.24, 2.45) is 0 Å². The lowest BCUT2D eigenvalue weighted by Crippen LogP contribution is -2.37. The number of halogens is 1. The van der Waals surface area contributed by atoms with Crippen molar-refractivity contribution in [3.8, 4) is 0 Å². The maximum absolute atomic E-state index is 12.6. The molecule has 1 aromatic carbocycles. The van der Waals surface area contributed by atoms with Crippen LogP contribution in [0.4, 0.5) is 0 Å². The van der Waals surface area contributed by atoms with Crippen LogP contribution in [0, 0.1) is 6.92 Å². The van der Waals surface area contributed by atoms with Gasteiger partial charge in [0.2, 0.25) is 0 Å². The van der Waals surface area contributed by atoms with Crippen molar-refractivity contribution in [2.75, 3.05) is 6.54 Å². The number of nitrogens with zero attached hydrogens (tertiary/aromatic N) is 1. The van der Waals surface area contributed by atoms with Gasteiger partial charge in [-0.3, -0.25) is 4.79 Å². The van der Waals surface area contributed by atoms with Gasteiger partial charge in [0, 0.05) is 17.1 Å². The number of hydrogen-bond acceptors (Lipinski definition) is 1. The van der Waals surface area contributed by atoms with Gasteiger partial charge in [-0.05, 0) is 60.8 Å². The van der Waals surface area contributed by atoms with Crippen molar-refractivity contribution < 1.29 is 4.79 Å². The summed E-state index contributed by atoms with van der Waals surface area (Å²) in [5.41, 5.74) is 1.92. The van der Waals surface area contributed by atoms with Crippen LogP contribution in [0.1, 0.15) is 56.0 Å². The van der Waals surface area contributed by atoms with Crippen LogP contribution < -0.4 is 0 Å². The molecule has 0 fully saturated rings. The minimum absolute atomic E-state index is 0.123. The smallest absolute Gasteiger partial charge is 0.255 e. The molecular formula is C16H24BrNO. The van der Waals surface area contributed by atoms with Gasteiger partial charge in [0.25, 0.3) is 5.91 Å². The molecule has 0 heterocycles. The van der Waals surface area contributed by atoms with E-state index in [1.807, 2.05) is 30.0 Å². The van der Waals surface area contributed by atoms with E-state index >= 15 is 0 Å². The number of rotatable bonds is 6. The molecule has 0 aliphatic rings. The molecule has 0 atom stereocenters. The first-order valence-corrected chi connectivity index (χ1v) is 7.83. The van der Waals surface area contributed by atoms with E-state index in [9.17, 15) is 4.79 Å². The third kappa shape index (κ3) is 4.64. The summed E-state index contributed by atoms with van der Waals surface area (Å²) >= 11 is 3.50. The van der Waals surface area contributed by atoms with Gasteiger partial charge in [-0.15, -0.1) is 0 Å². The van der Waals surface area contributed by atoms with Crippen molar-refractivity contribution in [1.29, 1.82) is 0 Å². The summed E-state index contributed by atoms with van der Waals surface area (Å²) in [6.07, 6.45) is 3.42. The normalized spacial score (nSPS) is 10.8. The second-order valence-electron chi connectivity index (χ2n) is 5.28. The van der Waals surface area contributed by atoms with Gasteiger partial charge in [0.15, 0.2) is 0 Å². The SMILES string of the molecule is CCCCCN(C(=O)c1ccc(C)cc1Br)C(C)C. The predicted octanol–water partition coefficient (Wildman–Crippen LogP) is 4.80.